The van der Waals surface area contributed by atoms with Gasteiger partial charge < -0.3 is 9.72 Å². The van der Waals surface area contributed by atoms with Crippen LogP contribution in [-0.4, -0.2) is 20.5 Å². The number of nitrogens with one attached hydrogen (secondary N) is 2. The normalized spacial score (nSPS) is 11.2. The Hall–Kier alpha value is -1.51. The van der Waals surface area contributed by atoms with Gasteiger partial charge in [0.25, 0.3) is 15.6 Å². The summed E-state index contributed by atoms with van der Waals surface area (Å²) in [6.45, 7) is 0. The fourth-order valence-corrected chi connectivity index (χ4v) is 3.36. The third kappa shape index (κ3) is 3.58. The van der Waals surface area contributed by atoms with Crippen LogP contribution in [0.15, 0.2) is 44.6 Å². The molecule has 0 aliphatic rings. The van der Waals surface area contributed by atoms with Crippen LogP contribution in [0.2, 0.25) is 5.02 Å². The van der Waals surface area contributed by atoms with Gasteiger partial charge in [0.05, 0.1) is 17.3 Å². The molecule has 0 amide bonds. The van der Waals surface area contributed by atoms with E-state index in [9.17, 15) is 13.2 Å². The molecule has 0 saturated carbocycles. The van der Waals surface area contributed by atoms with E-state index in [-0.39, 0.29) is 9.92 Å². The summed E-state index contributed by atoms with van der Waals surface area (Å²) in [5, 5.41) is -0.200. The molecule has 0 spiro atoms. The van der Waals surface area contributed by atoms with Gasteiger partial charge in [0.1, 0.15) is 15.7 Å². The maximum Gasteiger partial charge on any atom is 0.266 e. The van der Waals surface area contributed by atoms with E-state index in [4.69, 9.17) is 16.3 Å². The number of halogens is 2. The molecule has 112 valence electrons. The lowest BCUT2D eigenvalue weighted by Crippen LogP contribution is -2.16. The minimum atomic E-state index is -3.86. The van der Waals surface area contributed by atoms with Crippen molar-refractivity contribution in [2.24, 2.45) is 0 Å². The third-order valence-electron chi connectivity index (χ3n) is 2.55. The lowest BCUT2D eigenvalue weighted by atomic mass is 10.3. The van der Waals surface area contributed by atoms with Gasteiger partial charge in [-0.05, 0) is 40.2 Å². The first-order valence-corrected chi connectivity index (χ1v) is 8.23. The van der Waals surface area contributed by atoms with E-state index < -0.39 is 15.6 Å². The van der Waals surface area contributed by atoms with E-state index in [0.717, 1.165) is 12.3 Å². The van der Waals surface area contributed by atoms with Crippen LogP contribution in [0.5, 0.6) is 5.75 Å². The summed E-state index contributed by atoms with van der Waals surface area (Å²) in [5.41, 5.74) is -0.215. The van der Waals surface area contributed by atoms with Crippen molar-refractivity contribution in [3.05, 3.63) is 50.3 Å². The second-order valence-electron chi connectivity index (χ2n) is 3.97. The van der Waals surface area contributed by atoms with Gasteiger partial charge in [0.2, 0.25) is 0 Å². The molecule has 1 aromatic heterocycles. The van der Waals surface area contributed by atoms with E-state index in [1.165, 1.54) is 7.11 Å². The monoisotopic (exact) mass is 392 g/mol. The van der Waals surface area contributed by atoms with Crippen molar-refractivity contribution in [1.82, 2.24) is 4.98 Å². The molecule has 1 aromatic carbocycles. The zero-order valence-corrected chi connectivity index (χ0v) is 13.8. The molecule has 0 unspecified atom stereocenters. The fourth-order valence-electron chi connectivity index (χ4n) is 1.54. The number of hydrogen-bond acceptors (Lipinski definition) is 4. The first kappa shape index (κ1) is 15.9. The topological polar surface area (TPSA) is 88.3 Å². The Morgan fingerprint density at radius 1 is 1.33 bits per heavy atom. The maximum absolute atomic E-state index is 12.2. The highest BCUT2D eigenvalue weighted by Crippen LogP contribution is 2.28. The van der Waals surface area contributed by atoms with Gasteiger partial charge in [0, 0.05) is 6.20 Å². The average molecular weight is 394 g/mol. The Labute approximate surface area is 134 Å². The zero-order valence-electron chi connectivity index (χ0n) is 10.7. The Bertz CT molecular complexity index is 835. The average Bonchev–Trinajstić information content (AvgIpc) is 2.41. The molecule has 1 heterocycles. The number of aromatic nitrogens is 1. The number of hydrogen-bond donors (Lipinski definition) is 2. The molecule has 0 saturated heterocycles. The highest BCUT2D eigenvalue weighted by Gasteiger charge is 2.16. The van der Waals surface area contributed by atoms with Gasteiger partial charge in [-0.3, -0.25) is 9.52 Å². The molecule has 2 rings (SSSR count). The summed E-state index contributed by atoms with van der Waals surface area (Å²) in [6.07, 6.45) is 1.08. The van der Waals surface area contributed by atoms with Gasteiger partial charge in [-0.1, -0.05) is 11.6 Å². The molecule has 21 heavy (non-hydrogen) atoms. The number of benzene rings is 1. The summed E-state index contributed by atoms with van der Waals surface area (Å²) >= 11 is 8.89. The van der Waals surface area contributed by atoms with Crippen molar-refractivity contribution in [3.63, 3.8) is 0 Å². The molecule has 2 N–H and O–H groups in total. The summed E-state index contributed by atoms with van der Waals surface area (Å²) in [5.74, 6) is 0.574. The van der Waals surface area contributed by atoms with Crippen molar-refractivity contribution in [1.29, 1.82) is 0 Å². The Balaban J connectivity index is 2.35. The number of sulfonamides is 1. The minimum absolute atomic E-state index is 0.140. The zero-order chi connectivity index (χ0) is 15.6. The highest BCUT2D eigenvalue weighted by atomic mass is 79.9. The fraction of sp³-hybridized carbons (Fsp3) is 0.0833. The van der Waals surface area contributed by atoms with Crippen LogP contribution in [0.1, 0.15) is 0 Å². The van der Waals surface area contributed by atoms with Crippen LogP contribution >= 0.6 is 27.5 Å². The van der Waals surface area contributed by atoms with Crippen molar-refractivity contribution < 1.29 is 13.2 Å². The first-order valence-electron chi connectivity index (χ1n) is 5.58. The van der Waals surface area contributed by atoms with E-state index in [2.05, 4.69) is 25.6 Å². The summed E-state index contributed by atoms with van der Waals surface area (Å²) in [4.78, 5) is 13.3. The summed E-state index contributed by atoms with van der Waals surface area (Å²) in [6, 6.07) is 5.81. The number of pyridine rings is 1. The second kappa shape index (κ2) is 6.08. The van der Waals surface area contributed by atoms with E-state index >= 15 is 0 Å². The van der Waals surface area contributed by atoms with Crippen LogP contribution in [0.3, 0.4) is 0 Å². The van der Waals surface area contributed by atoms with Crippen molar-refractivity contribution in [2.45, 2.75) is 4.90 Å². The van der Waals surface area contributed by atoms with Crippen LogP contribution < -0.4 is 15.0 Å². The Morgan fingerprint density at radius 3 is 2.62 bits per heavy atom. The quantitative estimate of drug-likeness (QED) is 0.836. The van der Waals surface area contributed by atoms with E-state index in [1.807, 2.05) is 0 Å². The van der Waals surface area contributed by atoms with Crippen LogP contribution in [-0.2, 0) is 10.0 Å². The summed E-state index contributed by atoms with van der Waals surface area (Å²) in [7, 11) is -2.35. The predicted molar refractivity (Wildman–Crippen MR) is 83.6 cm³/mol. The van der Waals surface area contributed by atoms with Gasteiger partial charge in [0.15, 0.2) is 0 Å². The number of ether oxygens (including phenoxy) is 1. The molecule has 2 aromatic rings. The molecule has 0 radical (unpaired) electrons. The molecule has 0 aliphatic heterocycles. The van der Waals surface area contributed by atoms with Gasteiger partial charge in [-0.15, -0.1) is 0 Å². The van der Waals surface area contributed by atoms with Crippen LogP contribution in [0.4, 0.5) is 5.69 Å². The van der Waals surface area contributed by atoms with E-state index in [0.29, 0.717) is 15.9 Å². The van der Waals surface area contributed by atoms with Crippen LogP contribution in [0, 0.1) is 0 Å². The van der Waals surface area contributed by atoms with Gasteiger partial charge in [-0.2, -0.15) is 0 Å². The number of aromatic amines is 1. The molecule has 0 atom stereocenters. The molecule has 0 bridgehead atoms. The number of rotatable bonds is 4. The smallest absolute Gasteiger partial charge is 0.266 e. The molecular weight excluding hydrogens is 384 g/mol. The molecule has 9 heteroatoms. The maximum atomic E-state index is 12.2. The standard InChI is InChI=1S/C12H10BrClN2O4S/c1-20-11-3-2-7(4-9(11)13)16-21(18,19)8-5-10(14)12(17)15-6-8/h2-6,16H,1H3,(H,15,17). The molecule has 6 nitrogen and oxygen atoms in total. The first-order chi connectivity index (χ1) is 9.83. The minimum Gasteiger partial charge on any atom is -0.496 e. The SMILES string of the molecule is COc1ccc(NS(=O)(=O)c2c[nH]c(=O)c(Cl)c2)cc1Br. The lowest BCUT2D eigenvalue weighted by molar-refractivity contribution is 0.412. The largest absolute Gasteiger partial charge is 0.496 e. The number of anilines is 1. The van der Waals surface area contributed by atoms with Gasteiger partial charge >= 0.3 is 0 Å². The van der Waals surface area contributed by atoms with Gasteiger partial charge in [-0.25, -0.2) is 8.42 Å². The third-order valence-corrected chi connectivity index (χ3v) is 4.81. The lowest BCUT2D eigenvalue weighted by Gasteiger charge is -2.10. The van der Waals surface area contributed by atoms with Crippen LogP contribution in [0.25, 0.3) is 0 Å². The second-order valence-corrected chi connectivity index (χ2v) is 6.91. The summed E-state index contributed by atoms with van der Waals surface area (Å²) < 4.78 is 32.4. The van der Waals surface area contributed by atoms with Crippen molar-refractivity contribution >= 4 is 43.2 Å². The predicted octanol–water partition coefficient (Wildman–Crippen LogP) is 2.60. The Kier molecular flexibility index (Phi) is 4.60. The highest BCUT2D eigenvalue weighted by molar-refractivity contribution is 9.10. The number of methoxy groups -OCH3 is 1. The number of H-pyrrole nitrogens is 1. The van der Waals surface area contributed by atoms with E-state index in [1.54, 1.807) is 18.2 Å². The molecule has 0 aliphatic carbocycles. The van der Waals surface area contributed by atoms with Crippen molar-refractivity contribution in [3.8, 4) is 5.75 Å². The Morgan fingerprint density at radius 2 is 2.05 bits per heavy atom. The molecular formula is C12H10BrClN2O4S. The van der Waals surface area contributed by atoms with Crippen molar-refractivity contribution in [2.75, 3.05) is 11.8 Å². The molecule has 0 fully saturated rings.